The Morgan fingerprint density at radius 2 is 0.775 bits per heavy atom. The van der Waals surface area contributed by atoms with Gasteiger partial charge in [0.15, 0.2) is 0 Å². The van der Waals surface area contributed by atoms with Crippen molar-refractivity contribution >= 4 is 0 Å². The molecule has 0 saturated carbocycles. The average molecular weight is 563 g/mol. The molecule has 0 aliphatic heterocycles. The fourth-order valence-electron chi connectivity index (χ4n) is 7.71. The molecule has 0 bridgehead atoms. The van der Waals surface area contributed by atoms with Crippen LogP contribution in [0.2, 0.25) is 0 Å². The summed E-state index contributed by atoms with van der Waals surface area (Å²) in [6, 6.07) is 0. The zero-order valence-electron chi connectivity index (χ0n) is 26.5. The summed E-state index contributed by atoms with van der Waals surface area (Å²) in [5, 5.41) is 17.0. The van der Waals surface area contributed by atoms with Gasteiger partial charge in [0.1, 0.15) is 0 Å². The van der Waals surface area contributed by atoms with Crippen LogP contribution in [0.25, 0.3) is 0 Å². The van der Waals surface area contributed by atoms with Crippen molar-refractivity contribution in [3.8, 4) is 0 Å². The summed E-state index contributed by atoms with van der Waals surface area (Å²) in [6.45, 7) is 5.62. The number of hydrogen-bond acceptors (Lipinski definition) is 4. The smallest absolute Gasteiger partial charge is 0.0819 e. The summed E-state index contributed by atoms with van der Waals surface area (Å²) in [5.41, 5.74) is 0. The van der Waals surface area contributed by atoms with Gasteiger partial charge >= 0.3 is 0 Å². The Labute approximate surface area is 248 Å². The van der Waals surface area contributed by atoms with Gasteiger partial charge in [0.25, 0.3) is 0 Å². The van der Waals surface area contributed by atoms with Crippen LogP contribution < -0.4 is 0 Å². The maximum Gasteiger partial charge on any atom is 0.0819 e. The first-order chi connectivity index (χ1) is 19.8. The molecule has 0 aromatic carbocycles. The molecule has 0 aromatic rings. The molecule has 2 N–H and O–H groups in total. The van der Waals surface area contributed by atoms with Gasteiger partial charge in [0.05, 0.1) is 13.2 Å². The maximum absolute atomic E-state index is 8.53. The Kier molecular flexibility index (Phi) is 21.2. The Bertz CT molecular complexity index is 632. The number of hydrogen-bond donors (Lipinski definition) is 2. The highest BCUT2D eigenvalue weighted by Crippen LogP contribution is 2.50. The van der Waals surface area contributed by atoms with Crippen molar-refractivity contribution in [1.82, 2.24) is 0 Å². The molecule has 2 aliphatic carbocycles. The van der Waals surface area contributed by atoms with E-state index in [0.29, 0.717) is 13.2 Å². The van der Waals surface area contributed by atoms with Gasteiger partial charge in [-0.25, -0.2) is 9.78 Å². The molecule has 0 spiro atoms. The summed E-state index contributed by atoms with van der Waals surface area (Å²) < 4.78 is 0. The molecule has 234 valence electrons. The second-order valence-electron chi connectivity index (χ2n) is 13.1. The molecule has 0 aromatic heterocycles. The lowest BCUT2D eigenvalue weighted by atomic mass is 9.58. The lowest BCUT2D eigenvalue weighted by molar-refractivity contribution is -0.242. The summed E-state index contributed by atoms with van der Waals surface area (Å²) in [4.78, 5) is 8.44. The minimum Gasteiger partial charge on any atom is -0.252 e. The monoisotopic (exact) mass is 562 g/mol. The fraction of sp³-hybridized carbons (Fsp3) is 0.889. The van der Waals surface area contributed by atoms with Gasteiger partial charge in [0, 0.05) is 0 Å². The van der Waals surface area contributed by atoms with Crippen molar-refractivity contribution in [2.24, 2.45) is 35.5 Å². The van der Waals surface area contributed by atoms with E-state index in [0.717, 1.165) is 61.2 Å². The SMILES string of the molecule is CCCCCC1C=CC2C(C=CC(CCCCCCCCOO)C2CCCCCCCCOO)C1CCCCC. The second-order valence-corrected chi connectivity index (χ2v) is 13.1. The lowest BCUT2D eigenvalue weighted by Gasteiger charge is -2.46. The van der Waals surface area contributed by atoms with Gasteiger partial charge in [-0.2, -0.15) is 0 Å². The third kappa shape index (κ3) is 14.0. The van der Waals surface area contributed by atoms with Crippen LogP contribution in [0.1, 0.15) is 155 Å². The molecular formula is C36H66O4. The Morgan fingerprint density at radius 1 is 0.425 bits per heavy atom. The van der Waals surface area contributed by atoms with Crippen LogP contribution in [-0.4, -0.2) is 23.7 Å². The van der Waals surface area contributed by atoms with E-state index < -0.39 is 0 Å². The topological polar surface area (TPSA) is 58.9 Å². The quantitative estimate of drug-likeness (QED) is 0.0476. The van der Waals surface area contributed by atoms with E-state index in [9.17, 15) is 0 Å². The summed E-state index contributed by atoms with van der Waals surface area (Å²) in [7, 11) is 0. The molecule has 2 aliphatic rings. The van der Waals surface area contributed by atoms with E-state index >= 15 is 0 Å². The third-order valence-corrected chi connectivity index (χ3v) is 10.0. The zero-order valence-corrected chi connectivity index (χ0v) is 26.5. The second kappa shape index (κ2) is 23.8. The van der Waals surface area contributed by atoms with Crippen LogP contribution in [0.4, 0.5) is 0 Å². The molecule has 40 heavy (non-hydrogen) atoms. The number of fused-ring (bicyclic) bond motifs is 1. The van der Waals surface area contributed by atoms with E-state index in [2.05, 4.69) is 47.9 Å². The van der Waals surface area contributed by atoms with Crippen molar-refractivity contribution in [2.45, 2.75) is 155 Å². The van der Waals surface area contributed by atoms with Crippen LogP contribution in [0.3, 0.4) is 0 Å². The summed E-state index contributed by atoms with van der Waals surface area (Å²) >= 11 is 0. The predicted octanol–water partition coefficient (Wildman–Crippen LogP) is 11.4. The molecule has 6 unspecified atom stereocenters. The first-order valence-electron chi connectivity index (χ1n) is 17.7. The molecule has 0 radical (unpaired) electrons. The Hall–Kier alpha value is -0.680. The highest BCUT2D eigenvalue weighted by atomic mass is 17.1. The number of allylic oxidation sites excluding steroid dienone is 4. The van der Waals surface area contributed by atoms with E-state index in [1.54, 1.807) is 0 Å². The molecule has 0 fully saturated rings. The van der Waals surface area contributed by atoms with Crippen molar-refractivity contribution in [2.75, 3.05) is 13.2 Å². The molecule has 0 amide bonds. The first kappa shape index (κ1) is 35.5. The van der Waals surface area contributed by atoms with Crippen molar-refractivity contribution in [1.29, 1.82) is 0 Å². The Morgan fingerprint density at radius 3 is 1.20 bits per heavy atom. The molecule has 6 atom stereocenters. The standard InChI is InChI=1S/C36H66O4/c1-3-5-15-21-31-25-27-36-34(24-18-12-8-10-14-20-30-40-38)32(22-17-11-7-9-13-19-29-39-37)26-28-35(36)33(31)23-16-6-4-2/h25-28,31-38H,3-24,29-30H2,1-2H3. The van der Waals surface area contributed by atoms with Crippen molar-refractivity contribution < 1.29 is 20.3 Å². The first-order valence-corrected chi connectivity index (χ1v) is 17.7. The summed E-state index contributed by atoms with van der Waals surface area (Å²) in [5.74, 6) is 4.66. The van der Waals surface area contributed by atoms with Gasteiger partial charge in [-0.3, -0.25) is 10.5 Å². The van der Waals surface area contributed by atoms with Crippen LogP contribution in [-0.2, 0) is 9.78 Å². The molecule has 4 heteroatoms. The van der Waals surface area contributed by atoms with Crippen molar-refractivity contribution in [3.05, 3.63) is 24.3 Å². The zero-order chi connectivity index (χ0) is 28.7. The predicted molar refractivity (Wildman–Crippen MR) is 169 cm³/mol. The number of rotatable bonds is 26. The normalized spacial score (nSPS) is 25.9. The molecule has 4 nitrogen and oxygen atoms in total. The van der Waals surface area contributed by atoms with E-state index in [1.807, 2.05) is 0 Å². The minimum atomic E-state index is 0.473. The average Bonchev–Trinajstić information content (AvgIpc) is 2.97. The molecule has 2 rings (SSSR count). The molecule has 0 heterocycles. The van der Waals surface area contributed by atoms with E-state index in [4.69, 9.17) is 10.5 Å². The van der Waals surface area contributed by atoms with Gasteiger partial charge in [-0.1, -0.05) is 141 Å². The van der Waals surface area contributed by atoms with Gasteiger partial charge in [-0.05, 0) is 74.0 Å². The van der Waals surface area contributed by atoms with Crippen molar-refractivity contribution in [3.63, 3.8) is 0 Å². The summed E-state index contributed by atoms with van der Waals surface area (Å²) in [6.07, 6.45) is 39.2. The van der Waals surface area contributed by atoms with E-state index in [-0.39, 0.29) is 0 Å². The van der Waals surface area contributed by atoms with Crippen LogP contribution in [0, 0.1) is 35.5 Å². The lowest BCUT2D eigenvalue weighted by Crippen LogP contribution is -2.39. The Balaban J connectivity index is 1.99. The van der Waals surface area contributed by atoms with Crippen LogP contribution in [0.15, 0.2) is 24.3 Å². The largest absolute Gasteiger partial charge is 0.252 e. The fourth-order valence-corrected chi connectivity index (χ4v) is 7.71. The van der Waals surface area contributed by atoms with Gasteiger partial charge in [-0.15, -0.1) is 0 Å². The third-order valence-electron chi connectivity index (χ3n) is 10.0. The highest BCUT2D eigenvalue weighted by Gasteiger charge is 2.41. The minimum absolute atomic E-state index is 0.473. The van der Waals surface area contributed by atoms with Crippen LogP contribution in [0.5, 0.6) is 0 Å². The van der Waals surface area contributed by atoms with Crippen LogP contribution >= 0.6 is 0 Å². The maximum atomic E-state index is 8.53. The van der Waals surface area contributed by atoms with Gasteiger partial charge < -0.3 is 0 Å². The molecular weight excluding hydrogens is 496 g/mol. The van der Waals surface area contributed by atoms with E-state index in [1.165, 1.54) is 116 Å². The molecule has 0 saturated heterocycles. The van der Waals surface area contributed by atoms with Gasteiger partial charge in [0.2, 0.25) is 0 Å². The number of unbranched alkanes of at least 4 members (excludes halogenated alkanes) is 14. The highest BCUT2D eigenvalue weighted by molar-refractivity contribution is 5.17.